The van der Waals surface area contributed by atoms with E-state index in [2.05, 4.69) is 15.9 Å². The van der Waals surface area contributed by atoms with E-state index in [0.29, 0.717) is 12.5 Å². The van der Waals surface area contributed by atoms with Gasteiger partial charge in [-0.15, -0.1) is 0 Å². The smallest absolute Gasteiger partial charge is 0.189 e. The molecule has 0 atom stereocenters. The lowest BCUT2D eigenvalue weighted by Crippen LogP contribution is -2.05. The van der Waals surface area contributed by atoms with Gasteiger partial charge in [-0.2, -0.15) is 0 Å². The summed E-state index contributed by atoms with van der Waals surface area (Å²) in [6.07, 6.45) is 2.59. The molecule has 0 spiro atoms. The SMILES string of the molecule is Nc1cccc(OCOCC2CC2)c1Br. The van der Waals surface area contributed by atoms with Crippen molar-refractivity contribution in [2.45, 2.75) is 12.8 Å². The number of benzene rings is 1. The average Bonchev–Trinajstić information content (AvgIpc) is 3.02. The second-order valence-corrected chi connectivity index (χ2v) is 4.53. The summed E-state index contributed by atoms with van der Waals surface area (Å²) in [4.78, 5) is 0. The van der Waals surface area contributed by atoms with Crippen LogP contribution in [0.2, 0.25) is 0 Å². The summed E-state index contributed by atoms with van der Waals surface area (Å²) in [5.74, 6) is 1.49. The molecule has 0 bridgehead atoms. The van der Waals surface area contributed by atoms with Gasteiger partial charge < -0.3 is 15.2 Å². The predicted octanol–water partition coefficient (Wildman–Crippen LogP) is 2.79. The van der Waals surface area contributed by atoms with E-state index in [4.69, 9.17) is 15.2 Å². The van der Waals surface area contributed by atoms with Crippen molar-refractivity contribution in [2.24, 2.45) is 5.92 Å². The van der Waals surface area contributed by atoms with Gasteiger partial charge in [0, 0.05) is 5.69 Å². The molecule has 0 radical (unpaired) electrons. The molecule has 0 aliphatic heterocycles. The van der Waals surface area contributed by atoms with Crippen molar-refractivity contribution >= 4 is 21.6 Å². The first-order valence-electron chi connectivity index (χ1n) is 5.02. The van der Waals surface area contributed by atoms with Crippen molar-refractivity contribution in [3.8, 4) is 5.75 Å². The van der Waals surface area contributed by atoms with E-state index in [0.717, 1.165) is 22.7 Å². The zero-order valence-electron chi connectivity index (χ0n) is 8.41. The minimum Gasteiger partial charge on any atom is -0.466 e. The first-order valence-corrected chi connectivity index (χ1v) is 5.81. The van der Waals surface area contributed by atoms with Gasteiger partial charge in [0.25, 0.3) is 0 Å². The molecule has 0 saturated heterocycles. The van der Waals surface area contributed by atoms with E-state index in [1.807, 2.05) is 18.2 Å². The van der Waals surface area contributed by atoms with Gasteiger partial charge in [-0.3, -0.25) is 0 Å². The standard InChI is InChI=1S/C11H14BrNO2/c12-11-9(13)2-1-3-10(11)15-7-14-6-8-4-5-8/h1-3,8H,4-7,13H2. The highest BCUT2D eigenvalue weighted by Crippen LogP contribution is 2.31. The molecule has 1 aliphatic carbocycles. The topological polar surface area (TPSA) is 44.5 Å². The number of ether oxygens (including phenoxy) is 2. The second-order valence-electron chi connectivity index (χ2n) is 3.74. The van der Waals surface area contributed by atoms with E-state index in [1.165, 1.54) is 12.8 Å². The number of nitrogens with two attached hydrogens (primary N) is 1. The molecular weight excluding hydrogens is 258 g/mol. The zero-order chi connectivity index (χ0) is 10.7. The van der Waals surface area contributed by atoms with Gasteiger partial charge in [0.1, 0.15) is 5.75 Å². The Morgan fingerprint density at radius 3 is 2.93 bits per heavy atom. The predicted molar refractivity (Wildman–Crippen MR) is 62.7 cm³/mol. The Labute approximate surface area is 97.7 Å². The van der Waals surface area contributed by atoms with E-state index < -0.39 is 0 Å². The molecule has 0 amide bonds. The van der Waals surface area contributed by atoms with Gasteiger partial charge in [-0.25, -0.2) is 0 Å². The fourth-order valence-electron chi connectivity index (χ4n) is 1.24. The van der Waals surface area contributed by atoms with Crippen LogP contribution in [0, 0.1) is 5.92 Å². The summed E-state index contributed by atoms with van der Waals surface area (Å²) in [7, 11) is 0. The molecule has 1 saturated carbocycles. The highest BCUT2D eigenvalue weighted by atomic mass is 79.9. The minimum atomic E-state index is 0.290. The molecule has 0 unspecified atom stereocenters. The number of rotatable bonds is 5. The van der Waals surface area contributed by atoms with Crippen LogP contribution < -0.4 is 10.5 Å². The van der Waals surface area contributed by atoms with Gasteiger partial charge in [0.15, 0.2) is 6.79 Å². The third-order valence-corrected chi connectivity index (χ3v) is 3.19. The van der Waals surface area contributed by atoms with Crippen LogP contribution in [-0.2, 0) is 4.74 Å². The molecule has 2 rings (SSSR count). The van der Waals surface area contributed by atoms with Crippen LogP contribution in [-0.4, -0.2) is 13.4 Å². The Morgan fingerprint density at radius 1 is 1.40 bits per heavy atom. The summed E-state index contributed by atoms with van der Waals surface area (Å²) in [5.41, 5.74) is 6.39. The van der Waals surface area contributed by atoms with Crippen molar-refractivity contribution in [1.29, 1.82) is 0 Å². The van der Waals surface area contributed by atoms with E-state index in [-0.39, 0.29) is 0 Å². The lowest BCUT2D eigenvalue weighted by molar-refractivity contribution is 0.00961. The maximum atomic E-state index is 5.72. The van der Waals surface area contributed by atoms with Crippen molar-refractivity contribution in [3.63, 3.8) is 0 Å². The van der Waals surface area contributed by atoms with Crippen LogP contribution >= 0.6 is 15.9 Å². The molecule has 2 N–H and O–H groups in total. The molecule has 0 heterocycles. The van der Waals surface area contributed by atoms with E-state index in [1.54, 1.807) is 0 Å². The van der Waals surface area contributed by atoms with Gasteiger partial charge in [-0.1, -0.05) is 6.07 Å². The number of nitrogen functional groups attached to an aromatic ring is 1. The largest absolute Gasteiger partial charge is 0.466 e. The maximum Gasteiger partial charge on any atom is 0.189 e. The normalized spacial score (nSPS) is 15.3. The summed E-state index contributed by atoms with van der Waals surface area (Å²) in [6.45, 7) is 1.10. The first kappa shape index (κ1) is 10.8. The highest BCUT2D eigenvalue weighted by Gasteiger charge is 2.21. The molecule has 0 aromatic heterocycles. The van der Waals surface area contributed by atoms with Crippen molar-refractivity contribution < 1.29 is 9.47 Å². The summed E-state index contributed by atoms with van der Waals surface area (Å²) in [5, 5.41) is 0. The van der Waals surface area contributed by atoms with Crippen LogP contribution in [0.5, 0.6) is 5.75 Å². The quantitative estimate of drug-likeness (QED) is 0.509. The fraction of sp³-hybridized carbons (Fsp3) is 0.455. The Morgan fingerprint density at radius 2 is 2.20 bits per heavy atom. The van der Waals surface area contributed by atoms with Gasteiger partial charge in [0.2, 0.25) is 0 Å². The highest BCUT2D eigenvalue weighted by molar-refractivity contribution is 9.10. The molecule has 3 nitrogen and oxygen atoms in total. The van der Waals surface area contributed by atoms with Crippen molar-refractivity contribution in [1.82, 2.24) is 0 Å². The van der Waals surface area contributed by atoms with Crippen LogP contribution in [0.1, 0.15) is 12.8 Å². The summed E-state index contributed by atoms with van der Waals surface area (Å²) < 4.78 is 11.6. The molecule has 4 heteroatoms. The third-order valence-electron chi connectivity index (χ3n) is 2.34. The van der Waals surface area contributed by atoms with Crippen LogP contribution in [0.4, 0.5) is 5.69 Å². The molecule has 1 aliphatic rings. The zero-order valence-corrected chi connectivity index (χ0v) is 10.00. The Hall–Kier alpha value is -0.740. The lowest BCUT2D eigenvalue weighted by atomic mass is 10.3. The van der Waals surface area contributed by atoms with E-state index in [9.17, 15) is 0 Å². The Kier molecular flexibility index (Phi) is 3.49. The molecule has 1 aromatic rings. The molecule has 1 aromatic carbocycles. The number of hydrogen-bond acceptors (Lipinski definition) is 3. The molecule has 82 valence electrons. The maximum absolute atomic E-state index is 5.72. The molecule has 1 fully saturated rings. The van der Waals surface area contributed by atoms with Gasteiger partial charge in [-0.05, 0) is 46.8 Å². The van der Waals surface area contributed by atoms with Crippen LogP contribution in [0.3, 0.4) is 0 Å². The average molecular weight is 272 g/mol. The van der Waals surface area contributed by atoms with Crippen molar-refractivity contribution in [3.05, 3.63) is 22.7 Å². The molecular formula is C11H14BrNO2. The monoisotopic (exact) mass is 271 g/mol. The minimum absolute atomic E-state index is 0.290. The van der Waals surface area contributed by atoms with Crippen LogP contribution in [0.25, 0.3) is 0 Å². The number of hydrogen-bond donors (Lipinski definition) is 1. The van der Waals surface area contributed by atoms with Crippen LogP contribution in [0.15, 0.2) is 22.7 Å². The third kappa shape index (κ3) is 3.11. The number of anilines is 1. The summed E-state index contributed by atoms with van der Waals surface area (Å²) >= 11 is 3.37. The lowest BCUT2D eigenvalue weighted by Gasteiger charge is -2.09. The fourth-order valence-corrected chi connectivity index (χ4v) is 1.62. The first-order chi connectivity index (χ1) is 7.27. The molecule has 15 heavy (non-hydrogen) atoms. The van der Waals surface area contributed by atoms with Gasteiger partial charge in [0.05, 0.1) is 11.1 Å². The second kappa shape index (κ2) is 4.86. The Balaban J connectivity index is 1.78. The van der Waals surface area contributed by atoms with Crippen molar-refractivity contribution in [2.75, 3.05) is 19.1 Å². The number of halogens is 1. The van der Waals surface area contributed by atoms with Gasteiger partial charge >= 0.3 is 0 Å². The Bertz CT molecular complexity index is 339. The van der Waals surface area contributed by atoms with E-state index >= 15 is 0 Å². The summed E-state index contributed by atoms with van der Waals surface area (Å²) in [6, 6.07) is 5.54.